The van der Waals surface area contributed by atoms with E-state index in [9.17, 15) is 5.11 Å². The second-order valence-corrected chi connectivity index (χ2v) is 12.7. The molecule has 2 fully saturated rings. The van der Waals surface area contributed by atoms with E-state index in [1.165, 1.54) is 12.8 Å². The molecule has 26 heavy (non-hydrogen) atoms. The molecule has 0 saturated carbocycles. The topological polar surface area (TPSA) is 26.7 Å². The van der Waals surface area contributed by atoms with Crippen LogP contribution in [0, 0.1) is 5.41 Å². The van der Waals surface area contributed by atoms with Crippen molar-refractivity contribution < 1.29 is 5.11 Å². The van der Waals surface area contributed by atoms with E-state index in [2.05, 4.69) is 93.1 Å². The first kappa shape index (κ1) is 23.9. The van der Waals surface area contributed by atoms with Crippen LogP contribution in [0.25, 0.3) is 0 Å². The molecule has 2 saturated heterocycles. The molecule has 0 bridgehead atoms. The van der Waals surface area contributed by atoms with Gasteiger partial charge in [0.2, 0.25) is 0 Å². The Kier molecular flexibility index (Phi) is 6.20. The van der Waals surface area contributed by atoms with Crippen LogP contribution >= 0.6 is 0 Å². The van der Waals surface area contributed by atoms with Crippen LogP contribution in [-0.4, -0.2) is 56.8 Å². The summed E-state index contributed by atoms with van der Waals surface area (Å²) in [4.78, 5) is 4.91. The van der Waals surface area contributed by atoms with E-state index in [1.54, 1.807) is 0 Å². The standard InChI is InChI=1S/C12H25N.C11H23NO/c1-10(2)8-11(3,4)13(7)12(5,6)9-10;1-9(2)7-11(5,13)8-10(3,4)12(9)6/h8-9H2,1-7H3;13H,7-8H2,1-6H3. The molecule has 2 aliphatic heterocycles. The maximum Gasteiger partial charge on any atom is 0.0654 e. The first-order valence-corrected chi connectivity index (χ1v) is 10.3. The number of aliphatic hydroxyl groups is 1. The molecule has 3 heteroatoms. The van der Waals surface area contributed by atoms with Gasteiger partial charge in [-0.2, -0.15) is 0 Å². The molecule has 2 aliphatic rings. The van der Waals surface area contributed by atoms with Gasteiger partial charge >= 0.3 is 0 Å². The zero-order chi connectivity index (χ0) is 21.0. The van der Waals surface area contributed by atoms with Crippen LogP contribution in [-0.2, 0) is 0 Å². The molecule has 0 aromatic rings. The Morgan fingerprint density at radius 1 is 0.500 bits per heavy atom. The highest BCUT2D eigenvalue weighted by Gasteiger charge is 2.48. The van der Waals surface area contributed by atoms with Gasteiger partial charge < -0.3 is 5.11 Å². The van der Waals surface area contributed by atoms with Gasteiger partial charge in [-0.15, -0.1) is 0 Å². The SMILES string of the molecule is CN1C(C)(C)CC(C)(C)CC1(C)C.CN1C(C)(C)CC(C)(O)CC1(C)C. The van der Waals surface area contributed by atoms with E-state index >= 15 is 0 Å². The van der Waals surface area contributed by atoms with Crippen molar-refractivity contribution in [1.29, 1.82) is 0 Å². The summed E-state index contributed by atoms with van der Waals surface area (Å²) >= 11 is 0. The third-order valence-electron chi connectivity index (χ3n) is 7.08. The van der Waals surface area contributed by atoms with Gasteiger partial charge in [-0.3, -0.25) is 9.80 Å². The van der Waals surface area contributed by atoms with Crippen molar-refractivity contribution in [2.24, 2.45) is 5.41 Å². The number of hydrogen-bond donors (Lipinski definition) is 1. The molecule has 1 N–H and O–H groups in total. The quantitative estimate of drug-likeness (QED) is 0.627. The van der Waals surface area contributed by atoms with Crippen LogP contribution in [0.15, 0.2) is 0 Å². The van der Waals surface area contributed by atoms with Crippen LogP contribution in [0.3, 0.4) is 0 Å². The van der Waals surface area contributed by atoms with Gasteiger partial charge in [0, 0.05) is 22.2 Å². The number of nitrogens with zero attached hydrogens (tertiary/aromatic N) is 2. The number of likely N-dealkylation sites (tertiary alicyclic amines) is 2. The van der Waals surface area contributed by atoms with Gasteiger partial charge in [-0.1, -0.05) is 13.8 Å². The summed E-state index contributed by atoms with van der Waals surface area (Å²) in [6, 6.07) is 0. The highest BCUT2D eigenvalue weighted by Crippen LogP contribution is 2.46. The van der Waals surface area contributed by atoms with E-state index in [0.717, 1.165) is 12.8 Å². The van der Waals surface area contributed by atoms with Crippen LogP contribution < -0.4 is 0 Å². The fourth-order valence-electron chi connectivity index (χ4n) is 6.44. The van der Waals surface area contributed by atoms with Crippen molar-refractivity contribution in [3.63, 3.8) is 0 Å². The molecule has 0 aromatic carbocycles. The zero-order valence-corrected chi connectivity index (χ0v) is 20.2. The minimum absolute atomic E-state index is 0.0885. The summed E-state index contributed by atoms with van der Waals surface area (Å²) < 4.78 is 0. The van der Waals surface area contributed by atoms with Crippen LogP contribution in [0.4, 0.5) is 0 Å². The van der Waals surface area contributed by atoms with Crippen molar-refractivity contribution in [2.75, 3.05) is 14.1 Å². The van der Waals surface area contributed by atoms with Gasteiger partial charge in [-0.05, 0) is 108 Å². The molecular formula is C23H48N2O. The molecule has 0 aromatic heterocycles. The summed E-state index contributed by atoms with van der Waals surface area (Å²) in [6.07, 6.45) is 4.28. The average molecular weight is 369 g/mol. The predicted molar refractivity (Wildman–Crippen MR) is 115 cm³/mol. The summed E-state index contributed by atoms with van der Waals surface area (Å²) in [5.74, 6) is 0. The largest absolute Gasteiger partial charge is 0.390 e. The summed E-state index contributed by atoms with van der Waals surface area (Å²) in [7, 11) is 4.41. The van der Waals surface area contributed by atoms with Crippen LogP contribution in [0.2, 0.25) is 0 Å². The van der Waals surface area contributed by atoms with E-state index in [-0.39, 0.29) is 11.1 Å². The van der Waals surface area contributed by atoms with E-state index < -0.39 is 5.60 Å². The molecule has 0 atom stereocenters. The van der Waals surface area contributed by atoms with Crippen molar-refractivity contribution in [1.82, 2.24) is 9.80 Å². The molecule has 0 amide bonds. The second kappa shape index (κ2) is 6.74. The summed E-state index contributed by atoms with van der Waals surface area (Å²) in [6.45, 7) is 24.9. The van der Waals surface area contributed by atoms with Crippen molar-refractivity contribution in [3.8, 4) is 0 Å². The normalized spacial score (nSPS) is 31.6. The lowest BCUT2D eigenvalue weighted by molar-refractivity contribution is -0.114. The molecule has 0 aliphatic carbocycles. The Morgan fingerprint density at radius 2 is 0.731 bits per heavy atom. The Hall–Kier alpha value is -0.120. The molecule has 156 valence electrons. The number of rotatable bonds is 0. The van der Waals surface area contributed by atoms with Gasteiger partial charge in [0.1, 0.15) is 0 Å². The zero-order valence-electron chi connectivity index (χ0n) is 20.2. The molecule has 3 nitrogen and oxygen atoms in total. The van der Waals surface area contributed by atoms with Gasteiger partial charge in [0.05, 0.1) is 5.60 Å². The lowest BCUT2D eigenvalue weighted by atomic mass is 9.66. The summed E-state index contributed by atoms with van der Waals surface area (Å²) in [5, 5.41) is 10.1. The lowest BCUT2D eigenvalue weighted by Crippen LogP contribution is -2.63. The Balaban J connectivity index is 0.000000260. The van der Waals surface area contributed by atoms with Gasteiger partial charge in [-0.25, -0.2) is 0 Å². The van der Waals surface area contributed by atoms with Gasteiger partial charge in [0.25, 0.3) is 0 Å². The van der Waals surface area contributed by atoms with Crippen LogP contribution in [0.5, 0.6) is 0 Å². The third-order valence-corrected chi connectivity index (χ3v) is 7.08. The van der Waals surface area contributed by atoms with Crippen LogP contribution in [0.1, 0.15) is 102 Å². The Bertz CT molecular complexity index is 414. The molecule has 0 radical (unpaired) electrons. The number of piperidine rings is 2. The lowest BCUT2D eigenvalue weighted by Gasteiger charge is -2.56. The Morgan fingerprint density at radius 3 is 1.00 bits per heavy atom. The minimum atomic E-state index is -0.514. The predicted octanol–water partition coefficient (Wildman–Crippen LogP) is 5.32. The summed E-state index contributed by atoms with van der Waals surface area (Å²) in [5.41, 5.74) is 0.825. The molecule has 2 heterocycles. The highest BCUT2D eigenvalue weighted by atomic mass is 16.3. The molecular weight excluding hydrogens is 320 g/mol. The van der Waals surface area contributed by atoms with Crippen molar-refractivity contribution in [2.45, 2.75) is 130 Å². The van der Waals surface area contributed by atoms with E-state index in [0.29, 0.717) is 16.5 Å². The van der Waals surface area contributed by atoms with E-state index in [4.69, 9.17) is 0 Å². The Labute approximate surface area is 164 Å². The first-order valence-electron chi connectivity index (χ1n) is 10.3. The highest BCUT2D eigenvalue weighted by molar-refractivity contribution is 5.03. The monoisotopic (exact) mass is 368 g/mol. The smallest absolute Gasteiger partial charge is 0.0654 e. The van der Waals surface area contributed by atoms with Crippen molar-refractivity contribution in [3.05, 3.63) is 0 Å². The first-order chi connectivity index (χ1) is 11.1. The fraction of sp³-hybridized carbons (Fsp3) is 1.00. The average Bonchev–Trinajstić information content (AvgIpc) is 2.29. The van der Waals surface area contributed by atoms with Gasteiger partial charge in [0.15, 0.2) is 0 Å². The maximum absolute atomic E-state index is 10.1. The molecule has 0 spiro atoms. The second-order valence-electron chi connectivity index (χ2n) is 12.7. The van der Waals surface area contributed by atoms with E-state index in [1.807, 2.05) is 6.92 Å². The van der Waals surface area contributed by atoms with Crippen molar-refractivity contribution >= 4 is 0 Å². The fourth-order valence-corrected chi connectivity index (χ4v) is 6.44. The molecule has 0 unspecified atom stereocenters. The molecule has 2 rings (SSSR count). The number of hydrogen-bond acceptors (Lipinski definition) is 3. The third kappa shape index (κ3) is 5.45. The minimum Gasteiger partial charge on any atom is -0.390 e. The maximum atomic E-state index is 10.1.